The molecule has 0 saturated carbocycles. The summed E-state index contributed by atoms with van der Waals surface area (Å²) in [5, 5.41) is 27.2. The molecule has 3 N–H and O–H groups in total. The minimum Gasteiger partial charge on any atom is -0.506 e. The van der Waals surface area contributed by atoms with Crippen LogP contribution in [0.5, 0.6) is 11.5 Å². The molecule has 2 heterocycles. The van der Waals surface area contributed by atoms with E-state index >= 15 is 0 Å². The number of aliphatic hydroxyl groups is 2. The summed E-state index contributed by atoms with van der Waals surface area (Å²) in [7, 11) is 0. The standard InChI is InChI=1S/C12H12ClF3O3.C7H4ClF3O.C5H9BrO2/c13-9-3-8(12(14,15)16)1-2-10(9)19-7-11(4-17)5-18-6-11;8-5-3-4(7(9,10)11)1-2-6(5)12;6-1-5(2-7)3-8-4-5/h1-3,17H,4-7H2;1-3,12H;7H,1-4H2. The van der Waals surface area contributed by atoms with E-state index in [1.807, 2.05) is 0 Å². The Hall–Kier alpha value is -1.48. The van der Waals surface area contributed by atoms with Gasteiger partial charge in [0.15, 0.2) is 0 Å². The molecular formula is C24H25BrCl2F6O6. The van der Waals surface area contributed by atoms with Crippen molar-refractivity contribution < 1.29 is 55.9 Å². The highest BCUT2D eigenvalue weighted by Gasteiger charge is 2.39. The van der Waals surface area contributed by atoms with E-state index in [9.17, 15) is 31.4 Å². The Morgan fingerprint density at radius 2 is 1.26 bits per heavy atom. The maximum absolute atomic E-state index is 12.4. The summed E-state index contributed by atoms with van der Waals surface area (Å²) in [6, 6.07) is 5.25. The lowest BCUT2D eigenvalue weighted by Gasteiger charge is -2.39. The van der Waals surface area contributed by atoms with Crippen LogP contribution in [-0.2, 0) is 21.8 Å². The number of hydrogen-bond donors (Lipinski definition) is 3. The Balaban J connectivity index is 0.000000227. The molecule has 0 atom stereocenters. The first-order valence-electron chi connectivity index (χ1n) is 11.1. The maximum atomic E-state index is 12.4. The summed E-state index contributed by atoms with van der Waals surface area (Å²) in [5.41, 5.74) is -2.12. The number of phenols is 1. The number of rotatable bonds is 6. The third-order valence-electron chi connectivity index (χ3n) is 5.66. The predicted molar refractivity (Wildman–Crippen MR) is 135 cm³/mol. The van der Waals surface area contributed by atoms with Crippen molar-refractivity contribution in [2.45, 2.75) is 12.4 Å². The van der Waals surface area contributed by atoms with Crippen molar-refractivity contribution >= 4 is 39.1 Å². The SMILES string of the molecule is OCC1(CBr)COC1.OCC1(COc2ccc(C(F)(F)F)cc2Cl)COC1.Oc1ccc(C(F)(F)F)cc1Cl. The summed E-state index contributed by atoms with van der Waals surface area (Å²) in [6.07, 6.45) is -8.85. The Morgan fingerprint density at radius 1 is 0.795 bits per heavy atom. The van der Waals surface area contributed by atoms with Crippen LogP contribution in [0.25, 0.3) is 0 Å². The number of benzene rings is 2. The van der Waals surface area contributed by atoms with E-state index in [-0.39, 0.29) is 46.8 Å². The Morgan fingerprint density at radius 3 is 1.56 bits per heavy atom. The highest BCUT2D eigenvalue weighted by molar-refractivity contribution is 9.09. The molecule has 39 heavy (non-hydrogen) atoms. The van der Waals surface area contributed by atoms with E-state index in [0.29, 0.717) is 32.5 Å². The van der Waals surface area contributed by atoms with Crippen LogP contribution in [0.4, 0.5) is 26.3 Å². The second-order valence-corrected chi connectivity index (χ2v) is 10.4. The van der Waals surface area contributed by atoms with Crippen LogP contribution in [0.15, 0.2) is 36.4 Å². The molecule has 0 bridgehead atoms. The first kappa shape index (κ1) is 33.7. The molecule has 0 aliphatic carbocycles. The average molecular weight is 674 g/mol. The van der Waals surface area contributed by atoms with Crippen molar-refractivity contribution in [2.24, 2.45) is 10.8 Å². The van der Waals surface area contributed by atoms with Gasteiger partial charge in [-0.05, 0) is 36.4 Å². The van der Waals surface area contributed by atoms with E-state index in [4.69, 9.17) is 47.6 Å². The quantitative estimate of drug-likeness (QED) is 0.250. The molecule has 220 valence electrons. The summed E-state index contributed by atoms with van der Waals surface area (Å²) in [5.74, 6) is -0.195. The summed E-state index contributed by atoms with van der Waals surface area (Å²) >= 11 is 14.3. The molecule has 0 spiro atoms. The minimum absolute atomic E-state index is 0.0556. The topological polar surface area (TPSA) is 88.4 Å². The van der Waals surface area contributed by atoms with E-state index in [2.05, 4.69) is 15.9 Å². The second kappa shape index (κ2) is 13.9. The molecule has 2 aliphatic rings. The van der Waals surface area contributed by atoms with Gasteiger partial charge in [0.25, 0.3) is 0 Å². The molecule has 0 aromatic heterocycles. The number of halogens is 9. The number of alkyl halides is 7. The van der Waals surface area contributed by atoms with Crippen molar-refractivity contribution in [3.05, 3.63) is 57.6 Å². The normalized spacial score (nSPS) is 17.4. The van der Waals surface area contributed by atoms with Crippen LogP contribution in [0.1, 0.15) is 11.1 Å². The lowest BCUT2D eigenvalue weighted by atomic mass is 9.88. The zero-order valence-electron chi connectivity index (χ0n) is 20.1. The summed E-state index contributed by atoms with van der Waals surface area (Å²) in [4.78, 5) is 0. The molecular weight excluding hydrogens is 649 g/mol. The van der Waals surface area contributed by atoms with Gasteiger partial charge < -0.3 is 29.5 Å². The van der Waals surface area contributed by atoms with Crippen LogP contribution >= 0.6 is 39.1 Å². The van der Waals surface area contributed by atoms with Crippen molar-refractivity contribution in [2.75, 3.05) is 51.6 Å². The van der Waals surface area contributed by atoms with Gasteiger partial charge in [-0.15, -0.1) is 0 Å². The number of phenolic OH excluding ortho intramolecular Hbond substituents is 1. The molecule has 0 amide bonds. The lowest BCUT2D eigenvalue weighted by molar-refractivity contribution is -0.153. The van der Waals surface area contributed by atoms with Crippen molar-refractivity contribution in [1.29, 1.82) is 0 Å². The van der Waals surface area contributed by atoms with E-state index in [1.165, 1.54) is 6.07 Å². The molecule has 2 aromatic carbocycles. The number of ether oxygens (including phenoxy) is 3. The zero-order chi connectivity index (χ0) is 29.5. The number of aliphatic hydroxyl groups excluding tert-OH is 2. The van der Waals surface area contributed by atoms with Gasteiger partial charge in [0.2, 0.25) is 0 Å². The summed E-state index contributed by atoms with van der Waals surface area (Å²) in [6.45, 7) is 2.41. The smallest absolute Gasteiger partial charge is 0.416 e. The Labute approximate surface area is 238 Å². The number of hydrogen-bond acceptors (Lipinski definition) is 6. The van der Waals surface area contributed by atoms with Gasteiger partial charge in [-0.25, -0.2) is 0 Å². The van der Waals surface area contributed by atoms with E-state index in [0.717, 1.165) is 29.6 Å². The molecule has 4 rings (SSSR count). The van der Waals surface area contributed by atoms with Gasteiger partial charge in [0.1, 0.15) is 18.1 Å². The fourth-order valence-corrected chi connectivity index (χ4v) is 3.84. The van der Waals surface area contributed by atoms with Crippen LogP contribution in [0.2, 0.25) is 10.0 Å². The van der Waals surface area contributed by atoms with Gasteiger partial charge in [0.05, 0.1) is 66.2 Å². The minimum atomic E-state index is -4.43. The highest BCUT2D eigenvalue weighted by atomic mass is 79.9. The molecule has 15 heteroatoms. The first-order chi connectivity index (χ1) is 18.1. The predicted octanol–water partition coefficient (Wildman–Crippen LogP) is 6.20. The average Bonchev–Trinajstić information content (AvgIpc) is 2.81. The summed E-state index contributed by atoms with van der Waals surface area (Å²) < 4.78 is 88.5. The lowest BCUT2D eigenvalue weighted by Crippen LogP contribution is -2.49. The zero-order valence-corrected chi connectivity index (χ0v) is 23.2. The fourth-order valence-electron chi connectivity index (χ4n) is 2.92. The second-order valence-electron chi connectivity index (χ2n) is 9.03. The first-order valence-corrected chi connectivity index (χ1v) is 13.0. The Kier molecular flexibility index (Phi) is 12.0. The van der Waals surface area contributed by atoms with Gasteiger partial charge in [0, 0.05) is 10.7 Å². The van der Waals surface area contributed by atoms with E-state index in [1.54, 1.807) is 0 Å². The van der Waals surface area contributed by atoms with Gasteiger partial charge >= 0.3 is 12.4 Å². The van der Waals surface area contributed by atoms with Crippen LogP contribution in [0.3, 0.4) is 0 Å². The van der Waals surface area contributed by atoms with Gasteiger partial charge in [-0.1, -0.05) is 39.1 Å². The maximum Gasteiger partial charge on any atom is 0.416 e. The third-order valence-corrected chi connectivity index (χ3v) is 7.44. The van der Waals surface area contributed by atoms with Crippen LogP contribution in [-0.4, -0.2) is 66.9 Å². The molecule has 0 radical (unpaired) electrons. The fraction of sp³-hybridized carbons (Fsp3) is 0.500. The number of aromatic hydroxyl groups is 1. The molecule has 2 saturated heterocycles. The van der Waals surface area contributed by atoms with Crippen molar-refractivity contribution in [3.8, 4) is 11.5 Å². The molecule has 2 aromatic rings. The van der Waals surface area contributed by atoms with Crippen LogP contribution < -0.4 is 4.74 Å². The Bertz CT molecular complexity index is 1060. The molecule has 2 aliphatic heterocycles. The largest absolute Gasteiger partial charge is 0.506 e. The highest BCUT2D eigenvalue weighted by Crippen LogP contribution is 2.36. The van der Waals surface area contributed by atoms with Gasteiger partial charge in [-0.2, -0.15) is 26.3 Å². The van der Waals surface area contributed by atoms with Crippen LogP contribution in [0, 0.1) is 10.8 Å². The van der Waals surface area contributed by atoms with E-state index < -0.39 is 28.9 Å². The molecule has 2 fully saturated rings. The molecule has 0 unspecified atom stereocenters. The van der Waals surface area contributed by atoms with Crippen molar-refractivity contribution in [3.63, 3.8) is 0 Å². The van der Waals surface area contributed by atoms with Crippen molar-refractivity contribution in [1.82, 2.24) is 0 Å². The molecule has 6 nitrogen and oxygen atoms in total. The monoisotopic (exact) mass is 672 g/mol. The van der Waals surface area contributed by atoms with Gasteiger partial charge in [-0.3, -0.25) is 0 Å². The third kappa shape index (κ3) is 9.55.